The SMILES string of the molecule is CCCCCCCCCCCCCCCC/C=C\[O-].CCCCCCCCCCCCCCCC/C=C\[O-].CCCCCCCCCCCCCCCC/C=C\[O-].CCCCCCCCCCCCCCCC/C=C\[O-].[Zr+4]. The third-order valence-corrected chi connectivity index (χ3v) is 15.3. The van der Waals surface area contributed by atoms with E-state index in [1.165, 1.54) is 360 Å². The van der Waals surface area contributed by atoms with Gasteiger partial charge in [0.2, 0.25) is 0 Å². The molecule has 0 aliphatic rings. The van der Waals surface area contributed by atoms with Crippen LogP contribution in [0.2, 0.25) is 0 Å². The number of hydrogen-bond acceptors (Lipinski definition) is 4. The molecule has 0 aromatic carbocycles. The first-order valence-corrected chi connectivity index (χ1v) is 34.7. The minimum absolute atomic E-state index is 0. The first-order valence-electron chi connectivity index (χ1n) is 34.7. The van der Waals surface area contributed by atoms with Gasteiger partial charge in [0.15, 0.2) is 0 Å². The van der Waals surface area contributed by atoms with Crippen LogP contribution in [0, 0.1) is 0 Å². The third-order valence-electron chi connectivity index (χ3n) is 15.3. The van der Waals surface area contributed by atoms with Gasteiger partial charge < -0.3 is 20.4 Å². The molecule has 0 saturated heterocycles. The zero-order chi connectivity index (χ0) is 56.1. The van der Waals surface area contributed by atoms with Crippen molar-refractivity contribution >= 4 is 0 Å². The summed E-state index contributed by atoms with van der Waals surface area (Å²) in [6.45, 7) is 9.11. The molecular formula is C72H140O4Zr. The molecule has 0 atom stereocenters. The molecule has 0 spiro atoms. The summed E-state index contributed by atoms with van der Waals surface area (Å²) in [5, 5.41) is 40.3. The molecule has 0 aliphatic heterocycles. The van der Waals surface area contributed by atoms with Crippen LogP contribution in [0.15, 0.2) is 49.4 Å². The van der Waals surface area contributed by atoms with Crippen LogP contribution in [0.3, 0.4) is 0 Å². The predicted octanol–water partition coefficient (Wildman–Crippen LogP) is 22.9. The number of allylic oxidation sites excluding steroid dienone is 4. The average molecular weight is 1160 g/mol. The van der Waals surface area contributed by atoms with E-state index in [2.05, 4.69) is 27.7 Å². The standard InChI is InChI=1S/4C18H36O.Zr/c4*1-2-3-4-5-6-7-8-9-10-11-12-13-14-15-16-17-18-19;/h4*17-19H,2-16H2,1H3;/q;;;;+4/p-4/b4*18-17-;. The van der Waals surface area contributed by atoms with E-state index < -0.39 is 0 Å². The topological polar surface area (TPSA) is 92.2 Å². The minimum Gasteiger partial charge on any atom is -0.878 e. The summed E-state index contributed by atoms with van der Waals surface area (Å²) in [6, 6.07) is 0. The Kier molecular flexibility index (Phi) is 101. The van der Waals surface area contributed by atoms with Crippen LogP contribution in [0.1, 0.15) is 413 Å². The molecule has 77 heavy (non-hydrogen) atoms. The minimum atomic E-state index is 0. The number of rotatable bonds is 60. The smallest absolute Gasteiger partial charge is 0.878 e. The molecule has 0 saturated carbocycles. The van der Waals surface area contributed by atoms with Crippen LogP contribution < -0.4 is 20.4 Å². The second-order valence-corrected chi connectivity index (χ2v) is 23.0. The van der Waals surface area contributed by atoms with E-state index in [0.29, 0.717) is 0 Å². The molecule has 0 aliphatic carbocycles. The quantitative estimate of drug-likeness (QED) is 0.0448. The van der Waals surface area contributed by atoms with Gasteiger partial charge >= 0.3 is 26.2 Å². The van der Waals surface area contributed by atoms with Crippen molar-refractivity contribution in [2.75, 3.05) is 0 Å². The molecule has 456 valence electrons. The van der Waals surface area contributed by atoms with Crippen molar-refractivity contribution in [3.8, 4) is 0 Å². The summed E-state index contributed by atoms with van der Waals surface area (Å²) in [4.78, 5) is 0. The maximum absolute atomic E-state index is 10.1. The summed E-state index contributed by atoms with van der Waals surface area (Å²) in [7, 11) is 0. The van der Waals surface area contributed by atoms with Crippen molar-refractivity contribution in [2.45, 2.75) is 413 Å². The summed E-state index contributed by atoms with van der Waals surface area (Å²) in [6.07, 6.45) is 92.6. The predicted molar refractivity (Wildman–Crippen MR) is 336 cm³/mol. The Bertz CT molecular complexity index is 866. The molecule has 0 amide bonds. The second-order valence-electron chi connectivity index (χ2n) is 23.0. The van der Waals surface area contributed by atoms with Crippen molar-refractivity contribution in [1.29, 1.82) is 0 Å². The van der Waals surface area contributed by atoms with Gasteiger partial charge in [-0.1, -0.05) is 386 Å². The third kappa shape index (κ3) is 101. The van der Waals surface area contributed by atoms with Gasteiger partial charge in [0.25, 0.3) is 0 Å². The second kappa shape index (κ2) is 91.5. The van der Waals surface area contributed by atoms with Crippen molar-refractivity contribution in [2.24, 2.45) is 0 Å². The monoisotopic (exact) mass is 1160 g/mol. The fraction of sp³-hybridized carbons (Fsp3) is 0.889. The van der Waals surface area contributed by atoms with Gasteiger partial charge in [-0.15, -0.1) is 0 Å². The fourth-order valence-corrected chi connectivity index (χ4v) is 10.1. The normalized spacial score (nSPS) is 11.3. The summed E-state index contributed by atoms with van der Waals surface area (Å²) >= 11 is 0. The molecular weight excluding hydrogens is 1020 g/mol. The van der Waals surface area contributed by atoms with Crippen LogP contribution in [-0.4, -0.2) is 0 Å². The molecule has 0 bridgehead atoms. The Morgan fingerprint density at radius 3 is 0.338 bits per heavy atom. The number of unbranched alkanes of at least 4 members (excludes halogenated alkanes) is 56. The molecule has 0 N–H and O–H groups in total. The Morgan fingerprint density at radius 2 is 0.247 bits per heavy atom. The van der Waals surface area contributed by atoms with E-state index in [1.807, 2.05) is 0 Å². The Morgan fingerprint density at radius 1 is 0.156 bits per heavy atom. The van der Waals surface area contributed by atoms with Crippen LogP contribution in [-0.2, 0) is 26.2 Å². The van der Waals surface area contributed by atoms with Crippen LogP contribution in [0.5, 0.6) is 0 Å². The van der Waals surface area contributed by atoms with E-state index >= 15 is 0 Å². The van der Waals surface area contributed by atoms with Crippen molar-refractivity contribution in [1.82, 2.24) is 0 Å². The van der Waals surface area contributed by atoms with Gasteiger partial charge in [0.05, 0.1) is 0 Å². The van der Waals surface area contributed by atoms with Gasteiger partial charge in [0, 0.05) is 0 Å². The van der Waals surface area contributed by atoms with Gasteiger partial charge in [-0.05, 0) is 51.4 Å². The molecule has 0 heterocycles. The van der Waals surface area contributed by atoms with Gasteiger partial charge in [0.1, 0.15) is 0 Å². The van der Waals surface area contributed by atoms with Crippen LogP contribution in [0.25, 0.3) is 0 Å². The van der Waals surface area contributed by atoms with E-state index in [-0.39, 0.29) is 26.2 Å². The summed E-state index contributed by atoms with van der Waals surface area (Å²) < 4.78 is 0. The zero-order valence-corrected chi connectivity index (χ0v) is 55.6. The molecule has 0 rings (SSSR count). The first kappa shape index (κ1) is 84.8. The van der Waals surface area contributed by atoms with Crippen molar-refractivity contribution in [3.63, 3.8) is 0 Å². The average Bonchev–Trinajstić information content (AvgIpc) is 3.43. The molecule has 0 radical (unpaired) electrons. The van der Waals surface area contributed by atoms with E-state index in [9.17, 15) is 20.4 Å². The van der Waals surface area contributed by atoms with Gasteiger partial charge in [-0.2, -0.15) is 25.0 Å². The van der Waals surface area contributed by atoms with E-state index in [4.69, 9.17) is 0 Å². The molecule has 5 heteroatoms. The first-order chi connectivity index (χ1) is 37.7. The van der Waals surface area contributed by atoms with Crippen LogP contribution in [0.4, 0.5) is 0 Å². The van der Waals surface area contributed by atoms with Crippen molar-refractivity contribution < 1.29 is 46.6 Å². The largest absolute Gasteiger partial charge is 4.00 e. The Hall–Kier alpha value is -0.957. The molecule has 0 aromatic heterocycles. The molecule has 0 unspecified atom stereocenters. The maximum atomic E-state index is 10.1. The number of hydrogen-bond donors (Lipinski definition) is 0. The van der Waals surface area contributed by atoms with Crippen LogP contribution >= 0.6 is 0 Å². The summed E-state index contributed by atoms with van der Waals surface area (Å²) in [5.74, 6) is 0. The maximum Gasteiger partial charge on any atom is 4.00 e. The van der Waals surface area contributed by atoms with Crippen molar-refractivity contribution in [3.05, 3.63) is 49.4 Å². The summed E-state index contributed by atoms with van der Waals surface area (Å²) in [5.41, 5.74) is 0. The zero-order valence-electron chi connectivity index (χ0n) is 53.2. The Labute approximate surface area is 505 Å². The fourth-order valence-electron chi connectivity index (χ4n) is 10.1. The molecule has 4 nitrogen and oxygen atoms in total. The Balaban J connectivity index is -0.000000298. The van der Waals surface area contributed by atoms with Gasteiger partial charge in [-0.25, -0.2) is 0 Å². The van der Waals surface area contributed by atoms with E-state index in [1.54, 1.807) is 24.3 Å². The van der Waals surface area contributed by atoms with Gasteiger partial charge in [-0.3, -0.25) is 0 Å². The van der Waals surface area contributed by atoms with E-state index in [0.717, 1.165) is 50.7 Å². The molecule has 0 aromatic rings. The molecule has 0 fully saturated rings.